The van der Waals surface area contributed by atoms with Crippen LogP contribution >= 0.6 is 15.9 Å². The van der Waals surface area contributed by atoms with Crippen LogP contribution in [-0.2, 0) is 0 Å². The molecular formula is C20H23BrO3Si. The summed E-state index contributed by atoms with van der Waals surface area (Å²) in [6, 6.07) is 9.68. The molecule has 0 saturated carbocycles. The average molecular weight is 419 g/mol. The fourth-order valence-electron chi connectivity index (χ4n) is 2.62. The van der Waals surface area contributed by atoms with Crippen molar-refractivity contribution >= 4 is 46.0 Å². The van der Waals surface area contributed by atoms with Gasteiger partial charge in [-0.3, -0.25) is 0 Å². The van der Waals surface area contributed by atoms with Gasteiger partial charge in [0, 0.05) is 20.8 Å². The Hall–Kier alpha value is -1.59. The van der Waals surface area contributed by atoms with E-state index in [0.717, 1.165) is 26.6 Å². The molecule has 0 unspecified atom stereocenters. The largest absolute Gasteiger partial charge is 0.543 e. The zero-order valence-electron chi connectivity index (χ0n) is 15.5. The van der Waals surface area contributed by atoms with E-state index in [1.807, 2.05) is 31.2 Å². The Kier molecular flexibility index (Phi) is 4.36. The molecule has 3 aromatic rings. The van der Waals surface area contributed by atoms with E-state index in [1.54, 1.807) is 6.07 Å². The Balaban J connectivity index is 2.23. The molecule has 2 aromatic carbocycles. The van der Waals surface area contributed by atoms with Crippen molar-refractivity contribution in [3.05, 3.63) is 50.8 Å². The summed E-state index contributed by atoms with van der Waals surface area (Å²) in [5.41, 5.74) is 1.16. The number of benzene rings is 2. The van der Waals surface area contributed by atoms with Crippen LogP contribution in [0.2, 0.25) is 18.1 Å². The van der Waals surface area contributed by atoms with Crippen molar-refractivity contribution in [3.63, 3.8) is 0 Å². The summed E-state index contributed by atoms with van der Waals surface area (Å²) in [4.78, 5) is 12.4. The predicted molar refractivity (Wildman–Crippen MR) is 110 cm³/mol. The second-order valence-corrected chi connectivity index (χ2v) is 13.6. The van der Waals surface area contributed by atoms with Crippen molar-refractivity contribution in [2.45, 2.75) is 45.8 Å². The lowest BCUT2D eigenvalue weighted by Crippen LogP contribution is -2.44. The standard InChI is InChI=1S/C20H23BrO3Si/c1-12-17(24-25(5,6)20(2,3)4)10-9-15-14-8-7-13(21)11-16(14)19(22)23-18(12)15/h7-11H,1-6H3. The molecule has 0 aliphatic heterocycles. The van der Waals surface area contributed by atoms with Gasteiger partial charge in [-0.05, 0) is 49.3 Å². The van der Waals surface area contributed by atoms with Crippen molar-refractivity contribution in [2.24, 2.45) is 0 Å². The van der Waals surface area contributed by atoms with Gasteiger partial charge < -0.3 is 8.84 Å². The molecule has 1 heterocycles. The molecule has 0 aliphatic rings. The minimum atomic E-state index is -1.97. The number of hydrogen-bond acceptors (Lipinski definition) is 3. The quantitative estimate of drug-likeness (QED) is 0.274. The van der Waals surface area contributed by atoms with Crippen LogP contribution < -0.4 is 10.1 Å². The summed E-state index contributed by atoms with van der Waals surface area (Å²) < 4.78 is 13.0. The van der Waals surface area contributed by atoms with E-state index < -0.39 is 8.32 Å². The molecule has 1 aromatic heterocycles. The number of fused-ring (bicyclic) bond motifs is 3. The second kappa shape index (κ2) is 5.99. The first-order valence-corrected chi connectivity index (χ1v) is 12.1. The fraction of sp³-hybridized carbons (Fsp3) is 0.350. The summed E-state index contributed by atoms with van der Waals surface area (Å²) in [5.74, 6) is 0.804. The third-order valence-corrected chi connectivity index (χ3v) is 10.0. The molecule has 0 spiro atoms. The van der Waals surface area contributed by atoms with Gasteiger partial charge in [-0.2, -0.15) is 0 Å². The molecule has 0 atom stereocenters. The van der Waals surface area contributed by atoms with E-state index in [9.17, 15) is 4.79 Å². The SMILES string of the molecule is Cc1c(O[Si](C)(C)C(C)(C)C)ccc2c1oc(=O)c1cc(Br)ccc12. The molecule has 0 amide bonds. The minimum absolute atomic E-state index is 0.102. The van der Waals surface area contributed by atoms with Gasteiger partial charge in [0.15, 0.2) is 0 Å². The summed E-state index contributed by atoms with van der Waals surface area (Å²) >= 11 is 3.41. The molecule has 0 saturated heterocycles. The Labute approximate surface area is 157 Å². The molecule has 132 valence electrons. The van der Waals surface area contributed by atoms with Crippen LogP contribution in [0.3, 0.4) is 0 Å². The van der Waals surface area contributed by atoms with E-state index in [-0.39, 0.29) is 10.7 Å². The molecule has 0 N–H and O–H groups in total. The molecule has 0 radical (unpaired) electrons. The van der Waals surface area contributed by atoms with Gasteiger partial charge in [-0.1, -0.05) is 42.8 Å². The molecule has 5 heteroatoms. The van der Waals surface area contributed by atoms with E-state index in [2.05, 4.69) is 49.8 Å². The number of aryl methyl sites for hydroxylation is 1. The van der Waals surface area contributed by atoms with Crippen LogP contribution in [-0.4, -0.2) is 8.32 Å². The van der Waals surface area contributed by atoms with Gasteiger partial charge in [-0.25, -0.2) is 4.79 Å². The molecule has 3 rings (SSSR count). The maximum absolute atomic E-state index is 12.4. The van der Waals surface area contributed by atoms with Gasteiger partial charge in [0.2, 0.25) is 8.32 Å². The first-order chi connectivity index (χ1) is 11.5. The normalized spacial score (nSPS) is 12.8. The molecule has 0 bridgehead atoms. The van der Waals surface area contributed by atoms with Crippen LogP contribution in [0.1, 0.15) is 26.3 Å². The van der Waals surface area contributed by atoms with Crippen molar-refractivity contribution in [1.29, 1.82) is 0 Å². The molecule has 0 fully saturated rings. The highest BCUT2D eigenvalue weighted by Crippen LogP contribution is 2.39. The smallest absolute Gasteiger partial charge is 0.344 e. The third kappa shape index (κ3) is 3.15. The Bertz CT molecular complexity index is 1030. The van der Waals surface area contributed by atoms with Gasteiger partial charge >= 0.3 is 5.63 Å². The number of hydrogen-bond donors (Lipinski definition) is 0. The predicted octanol–water partition coefficient (Wildman–Crippen LogP) is 6.40. The molecule has 25 heavy (non-hydrogen) atoms. The van der Waals surface area contributed by atoms with E-state index >= 15 is 0 Å². The number of halogens is 1. The van der Waals surface area contributed by atoms with Gasteiger partial charge in [-0.15, -0.1) is 0 Å². The lowest BCUT2D eigenvalue weighted by Gasteiger charge is -2.36. The van der Waals surface area contributed by atoms with Crippen molar-refractivity contribution in [2.75, 3.05) is 0 Å². The van der Waals surface area contributed by atoms with E-state index in [4.69, 9.17) is 8.84 Å². The average Bonchev–Trinajstić information content (AvgIpc) is 2.50. The van der Waals surface area contributed by atoms with Crippen molar-refractivity contribution in [1.82, 2.24) is 0 Å². The Morgan fingerprint density at radius 1 is 1.04 bits per heavy atom. The first kappa shape index (κ1) is 18.2. The van der Waals surface area contributed by atoms with Crippen molar-refractivity contribution in [3.8, 4) is 5.75 Å². The number of rotatable bonds is 2. The van der Waals surface area contributed by atoms with Crippen LogP contribution in [0.5, 0.6) is 5.75 Å². The Morgan fingerprint density at radius 3 is 2.32 bits per heavy atom. The third-order valence-electron chi connectivity index (χ3n) is 5.21. The van der Waals surface area contributed by atoms with Crippen LogP contribution in [0.4, 0.5) is 0 Å². The minimum Gasteiger partial charge on any atom is -0.543 e. The lowest BCUT2D eigenvalue weighted by molar-refractivity contribution is 0.487. The highest BCUT2D eigenvalue weighted by atomic mass is 79.9. The summed E-state index contributed by atoms with van der Waals surface area (Å²) in [6.07, 6.45) is 0. The summed E-state index contributed by atoms with van der Waals surface area (Å²) in [5, 5.41) is 2.52. The maximum Gasteiger partial charge on any atom is 0.344 e. The lowest BCUT2D eigenvalue weighted by atomic mass is 10.0. The molecule has 3 nitrogen and oxygen atoms in total. The highest BCUT2D eigenvalue weighted by Gasteiger charge is 2.39. The van der Waals surface area contributed by atoms with E-state index in [0.29, 0.717) is 11.0 Å². The maximum atomic E-state index is 12.4. The van der Waals surface area contributed by atoms with E-state index in [1.165, 1.54) is 0 Å². The summed E-state index contributed by atoms with van der Waals surface area (Å²) in [6.45, 7) is 13.0. The molecule has 0 aliphatic carbocycles. The topological polar surface area (TPSA) is 39.4 Å². The fourth-order valence-corrected chi connectivity index (χ4v) is 4.06. The monoisotopic (exact) mass is 418 g/mol. The van der Waals surface area contributed by atoms with Crippen molar-refractivity contribution < 1.29 is 8.84 Å². The van der Waals surface area contributed by atoms with Crippen LogP contribution in [0, 0.1) is 6.92 Å². The van der Waals surface area contributed by atoms with Gasteiger partial charge in [0.25, 0.3) is 0 Å². The Morgan fingerprint density at radius 2 is 1.68 bits per heavy atom. The zero-order valence-corrected chi connectivity index (χ0v) is 18.1. The van der Waals surface area contributed by atoms with Gasteiger partial charge in [0.05, 0.1) is 5.39 Å². The zero-order chi connectivity index (χ0) is 18.6. The second-order valence-electron chi connectivity index (χ2n) is 8.01. The highest BCUT2D eigenvalue weighted by molar-refractivity contribution is 9.10. The van der Waals surface area contributed by atoms with Crippen LogP contribution in [0.25, 0.3) is 21.7 Å². The molecular weight excluding hydrogens is 396 g/mol. The van der Waals surface area contributed by atoms with Gasteiger partial charge in [0.1, 0.15) is 11.3 Å². The van der Waals surface area contributed by atoms with Crippen LogP contribution in [0.15, 0.2) is 44.0 Å². The summed E-state index contributed by atoms with van der Waals surface area (Å²) in [7, 11) is -1.97. The first-order valence-electron chi connectivity index (χ1n) is 8.36.